The number of hydrogen-bond donors (Lipinski definition) is 1. The highest BCUT2D eigenvalue weighted by atomic mass is 16.6. The van der Waals surface area contributed by atoms with Gasteiger partial charge in [-0.1, -0.05) is 0 Å². The summed E-state index contributed by atoms with van der Waals surface area (Å²) in [5.41, 5.74) is 1.03. The lowest BCUT2D eigenvalue weighted by atomic mass is 10.2. The van der Waals surface area contributed by atoms with Gasteiger partial charge in [-0.3, -0.25) is 10.1 Å². The van der Waals surface area contributed by atoms with Crippen molar-refractivity contribution in [2.75, 3.05) is 24.3 Å². The number of furan rings is 1. The summed E-state index contributed by atoms with van der Waals surface area (Å²) < 4.78 is 5.24. The first-order valence-corrected chi connectivity index (χ1v) is 6.09. The summed E-state index contributed by atoms with van der Waals surface area (Å²) in [4.78, 5) is 16.7. The average Bonchev–Trinajstić information content (AvgIpc) is 2.83. The number of nitrogens with one attached hydrogen (secondary N) is 1. The van der Waals surface area contributed by atoms with Gasteiger partial charge < -0.3 is 14.6 Å². The maximum absolute atomic E-state index is 10.9. The molecule has 2 aromatic heterocycles. The molecule has 0 aliphatic heterocycles. The quantitative estimate of drug-likeness (QED) is 0.667. The third-order valence-corrected chi connectivity index (χ3v) is 3.03. The smallest absolute Gasteiger partial charge is 0.276 e. The number of hydrogen-bond acceptors (Lipinski definition) is 6. The molecular weight excluding hydrogens is 260 g/mol. The minimum atomic E-state index is -0.428. The molecule has 0 saturated carbocycles. The number of rotatable bonds is 5. The number of pyridine rings is 1. The number of aryl methyl sites for hydroxylation is 1. The predicted molar refractivity (Wildman–Crippen MR) is 76.0 cm³/mol. The van der Waals surface area contributed by atoms with E-state index < -0.39 is 4.92 Å². The van der Waals surface area contributed by atoms with E-state index in [9.17, 15) is 10.1 Å². The highest BCUT2D eigenvalue weighted by molar-refractivity contribution is 5.55. The van der Waals surface area contributed by atoms with E-state index in [0.29, 0.717) is 18.2 Å². The molecule has 0 aliphatic carbocycles. The topological polar surface area (TPSA) is 84.4 Å². The van der Waals surface area contributed by atoms with Crippen LogP contribution < -0.4 is 10.2 Å². The van der Waals surface area contributed by atoms with Gasteiger partial charge in [0.25, 0.3) is 5.69 Å². The summed E-state index contributed by atoms with van der Waals surface area (Å²) in [7, 11) is 3.51. The fourth-order valence-electron chi connectivity index (χ4n) is 1.84. The molecule has 0 saturated heterocycles. The number of anilines is 2. The third-order valence-electron chi connectivity index (χ3n) is 3.03. The van der Waals surface area contributed by atoms with E-state index in [-0.39, 0.29) is 5.69 Å². The van der Waals surface area contributed by atoms with Crippen LogP contribution >= 0.6 is 0 Å². The first kappa shape index (κ1) is 13.9. The molecule has 7 nitrogen and oxygen atoms in total. The predicted octanol–water partition coefficient (Wildman–Crippen LogP) is 2.57. The molecule has 2 rings (SSSR count). The van der Waals surface area contributed by atoms with Crippen molar-refractivity contribution in [2.45, 2.75) is 13.5 Å². The van der Waals surface area contributed by atoms with Crippen LogP contribution in [-0.4, -0.2) is 24.0 Å². The average molecular weight is 276 g/mol. The zero-order valence-electron chi connectivity index (χ0n) is 11.6. The second-order valence-corrected chi connectivity index (χ2v) is 4.43. The Morgan fingerprint density at radius 2 is 2.25 bits per heavy atom. The molecule has 0 atom stereocenters. The van der Waals surface area contributed by atoms with Gasteiger partial charge in [0.1, 0.15) is 17.4 Å². The van der Waals surface area contributed by atoms with Crippen molar-refractivity contribution in [3.05, 3.63) is 45.9 Å². The van der Waals surface area contributed by atoms with E-state index in [2.05, 4.69) is 10.3 Å². The van der Waals surface area contributed by atoms with Crippen LogP contribution in [0.25, 0.3) is 0 Å². The summed E-state index contributed by atoms with van der Waals surface area (Å²) in [5, 5.41) is 13.8. The van der Waals surface area contributed by atoms with Crippen molar-refractivity contribution >= 4 is 17.3 Å². The Morgan fingerprint density at radius 3 is 2.80 bits per heavy atom. The van der Waals surface area contributed by atoms with Crippen molar-refractivity contribution in [3.63, 3.8) is 0 Å². The zero-order chi connectivity index (χ0) is 14.7. The van der Waals surface area contributed by atoms with E-state index in [4.69, 9.17) is 4.42 Å². The largest absolute Gasteiger partial charge is 0.469 e. The Bertz CT molecular complexity index is 624. The molecule has 0 radical (unpaired) electrons. The van der Waals surface area contributed by atoms with Crippen molar-refractivity contribution in [1.82, 2.24) is 4.98 Å². The van der Waals surface area contributed by atoms with E-state index in [1.807, 2.05) is 24.9 Å². The van der Waals surface area contributed by atoms with Crippen LogP contribution in [0.2, 0.25) is 0 Å². The summed E-state index contributed by atoms with van der Waals surface area (Å²) >= 11 is 0. The molecule has 20 heavy (non-hydrogen) atoms. The minimum absolute atomic E-state index is 0.00937. The second kappa shape index (κ2) is 5.60. The first-order valence-electron chi connectivity index (χ1n) is 6.09. The first-order chi connectivity index (χ1) is 9.51. The van der Waals surface area contributed by atoms with Crippen molar-refractivity contribution in [1.29, 1.82) is 0 Å². The maximum Gasteiger partial charge on any atom is 0.276 e. The summed E-state index contributed by atoms with van der Waals surface area (Å²) in [6.07, 6.45) is 1.62. The Balaban J connectivity index is 2.29. The van der Waals surface area contributed by atoms with Crippen LogP contribution in [0.5, 0.6) is 0 Å². The van der Waals surface area contributed by atoms with Crippen molar-refractivity contribution in [2.24, 2.45) is 0 Å². The molecule has 0 spiro atoms. The highest BCUT2D eigenvalue weighted by Crippen LogP contribution is 2.24. The van der Waals surface area contributed by atoms with Gasteiger partial charge in [0.15, 0.2) is 0 Å². The van der Waals surface area contributed by atoms with E-state index in [0.717, 1.165) is 11.3 Å². The SMILES string of the molecule is CNc1cc([N+](=O)[O-])cc(N(C)Cc2ccoc2C)n1. The van der Waals surface area contributed by atoms with Crippen molar-refractivity contribution in [3.8, 4) is 0 Å². The van der Waals surface area contributed by atoms with Crippen LogP contribution in [-0.2, 0) is 6.54 Å². The molecule has 0 aromatic carbocycles. The van der Waals surface area contributed by atoms with Gasteiger partial charge in [0.2, 0.25) is 0 Å². The molecule has 0 amide bonds. The van der Waals surface area contributed by atoms with Gasteiger partial charge in [-0.05, 0) is 13.0 Å². The van der Waals surface area contributed by atoms with Crippen LogP contribution in [0.1, 0.15) is 11.3 Å². The van der Waals surface area contributed by atoms with Gasteiger partial charge >= 0.3 is 0 Å². The van der Waals surface area contributed by atoms with Crippen molar-refractivity contribution < 1.29 is 9.34 Å². The van der Waals surface area contributed by atoms with E-state index in [1.54, 1.807) is 13.3 Å². The van der Waals surface area contributed by atoms with E-state index in [1.165, 1.54) is 12.1 Å². The summed E-state index contributed by atoms with van der Waals surface area (Å²) in [6.45, 7) is 2.45. The fraction of sp³-hybridized carbons (Fsp3) is 0.308. The van der Waals surface area contributed by atoms with Crippen LogP contribution in [0.3, 0.4) is 0 Å². The standard InChI is InChI=1S/C13H16N4O3/c1-9-10(4-5-20-9)8-16(3)13-7-11(17(18)19)6-12(14-2)15-13/h4-7H,8H2,1-3H3,(H,14,15). The van der Waals surface area contributed by atoms with Crippen LogP contribution in [0.15, 0.2) is 28.9 Å². The number of aromatic nitrogens is 1. The van der Waals surface area contributed by atoms with Gasteiger partial charge in [0.05, 0.1) is 23.3 Å². The second-order valence-electron chi connectivity index (χ2n) is 4.43. The molecule has 0 fully saturated rings. The Labute approximate surface area is 116 Å². The summed E-state index contributed by atoms with van der Waals surface area (Å²) in [6, 6.07) is 4.73. The number of nitrogens with zero attached hydrogens (tertiary/aromatic N) is 3. The lowest BCUT2D eigenvalue weighted by Crippen LogP contribution is -2.18. The molecule has 7 heteroatoms. The molecule has 2 aromatic rings. The lowest BCUT2D eigenvalue weighted by molar-refractivity contribution is -0.384. The third kappa shape index (κ3) is 2.87. The van der Waals surface area contributed by atoms with Crippen LogP contribution in [0, 0.1) is 17.0 Å². The maximum atomic E-state index is 10.9. The number of nitro groups is 1. The molecular formula is C13H16N4O3. The normalized spacial score (nSPS) is 10.3. The Hall–Kier alpha value is -2.57. The van der Waals surface area contributed by atoms with E-state index >= 15 is 0 Å². The van der Waals surface area contributed by atoms with Gasteiger partial charge in [-0.2, -0.15) is 0 Å². The van der Waals surface area contributed by atoms with Gasteiger partial charge in [0, 0.05) is 26.2 Å². The molecule has 0 unspecified atom stereocenters. The highest BCUT2D eigenvalue weighted by Gasteiger charge is 2.14. The Morgan fingerprint density at radius 1 is 1.50 bits per heavy atom. The molecule has 1 N–H and O–H groups in total. The molecule has 106 valence electrons. The molecule has 0 aliphatic rings. The zero-order valence-corrected chi connectivity index (χ0v) is 11.6. The van der Waals surface area contributed by atoms with Crippen LogP contribution in [0.4, 0.5) is 17.3 Å². The van der Waals surface area contributed by atoms with Gasteiger partial charge in [-0.25, -0.2) is 4.98 Å². The molecule has 2 heterocycles. The summed E-state index contributed by atoms with van der Waals surface area (Å²) in [5.74, 6) is 1.82. The monoisotopic (exact) mass is 276 g/mol. The molecule has 0 bridgehead atoms. The van der Waals surface area contributed by atoms with Gasteiger partial charge in [-0.15, -0.1) is 0 Å². The lowest BCUT2D eigenvalue weighted by Gasteiger charge is -2.18. The minimum Gasteiger partial charge on any atom is -0.469 e. The fourth-order valence-corrected chi connectivity index (χ4v) is 1.84. The Kier molecular flexibility index (Phi) is 3.88.